The van der Waals surface area contributed by atoms with E-state index in [0.717, 1.165) is 11.3 Å². The molecule has 0 amide bonds. The Labute approximate surface area is 132 Å². The molecule has 1 unspecified atom stereocenters. The minimum atomic E-state index is -3.36. The van der Waals surface area contributed by atoms with Crippen molar-refractivity contribution in [1.29, 1.82) is 0 Å². The highest BCUT2D eigenvalue weighted by Crippen LogP contribution is 2.24. The predicted molar refractivity (Wildman–Crippen MR) is 89.1 cm³/mol. The molecule has 21 heavy (non-hydrogen) atoms. The largest absolute Gasteiger partial charge is 0.310 e. The Morgan fingerprint density at radius 3 is 2.86 bits per heavy atom. The summed E-state index contributed by atoms with van der Waals surface area (Å²) in [7, 11) is -3.36. The lowest BCUT2D eigenvalue weighted by molar-refractivity contribution is 0.424. The van der Waals surface area contributed by atoms with Gasteiger partial charge in [-0.15, -0.1) is 0 Å². The van der Waals surface area contributed by atoms with Crippen LogP contribution in [0.4, 0.5) is 0 Å². The summed E-state index contributed by atoms with van der Waals surface area (Å²) in [6.07, 6.45) is 0. The topological polar surface area (TPSA) is 49.4 Å². The smallest absolute Gasteiger partial charge is 0.243 e. The summed E-state index contributed by atoms with van der Waals surface area (Å²) in [6.45, 7) is 8.12. The SMILES string of the molecule is CC(C)NCc1cccc(S(=O)(=O)N2CCSC(C)C2)c1. The second-order valence-corrected chi connectivity index (χ2v) is 9.21. The molecule has 0 aromatic heterocycles. The molecule has 1 atom stereocenters. The minimum absolute atomic E-state index is 0.360. The Morgan fingerprint density at radius 1 is 1.43 bits per heavy atom. The number of rotatable bonds is 5. The Balaban J connectivity index is 2.17. The van der Waals surface area contributed by atoms with E-state index >= 15 is 0 Å². The highest BCUT2D eigenvalue weighted by atomic mass is 32.2. The third-order valence-electron chi connectivity index (χ3n) is 3.45. The van der Waals surface area contributed by atoms with Crippen LogP contribution in [-0.2, 0) is 16.6 Å². The number of nitrogens with one attached hydrogen (secondary N) is 1. The summed E-state index contributed by atoms with van der Waals surface area (Å²) in [6, 6.07) is 7.65. The molecule has 4 nitrogen and oxygen atoms in total. The van der Waals surface area contributed by atoms with Crippen molar-refractivity contribution >= 4 is 21.8 Å². The van der Waals surface area contributed by atoms with Gasteiger partial charge in [0.05, 0.1) is 4.90 Å². The van der Waals surface area contributed by atoms with E-state index in [1.807, 2.05) is 23.9 Å². The van der Waals surface area contributed by atoms with Gasteiger partial charge in [0.2, 0.25) is 10.0 Å². The van der Waals surface area contributed by atoms with Gasteiger partial charge >= 0.3 is 0 Å². The Kier molecular flexibility index (Phi) is 5.71. The molecule has 0 radical (unpaired) electrons. The summed E-state index contributed by atoms with van der Waals surface area (Å²) >= 11 is 1.83. The molecule has 1 fully saturated rings. The highest BCUT2D eigenvalue weighted by molar-refractivity contribution is 8.00. The van der Waals surface area contributed by atoms with E-state index in [-0.39, 0.29) is 0 Å². The number of benzene rings is 1. The van der Waals surface area contributed by atoms with Gasteiger partial charge in [0, 0.05) is 36.7 Å². The van der Waals surface area contributed by atoms with Crippen LogP contribution in [0.1, 0.15) is 26.3 Å². The van der Waals surface area contributed by atoms with Crippen LogP contribution in [0, 0.1) is 0 Å². The molecule has 1 aliphatic rings. The molecule has 0 spiro atoms. The summed E-state index contributed by atoms with van der Waals surface area (Å²) in [5, 5.41) is 3.68. The third kappa shape index (κ3) is 4.45. The molecule has 2 rings (SSSR count). The zero-order chi connectivity index (χ0) is 15.5. The lowest BCUT2D eigenvalue weighted by atomic mass is 10.2. The molecule has 1 saturated heterocycles. The first-order valence-electron chi connectivity index (χ1n) is 7.33. The van der Waals surface area contributed by atoms with Gasteiger partial charge in [-0.25, -0.2) is 8.42 Å². The maximum atomic E-state index is 12.7. The predicted octanol–water partition coefficient (Wildman–Crippen LogP) is 2.31. The zero-order valence-corrected chi connectivity index (χ0v) is 14.5. The minimum Gasteiger partial charge on any atom is -0.310 e. The van der Waals surface area contributed by atoms with Crippen molar-refractivity contribution in [2.45, 2.75) is 43.5 Å². The van der Waals surface area contributed by atoms with Crippen molar-refractivity contribution in [2.24, 2.45) is 0 Å². The second kappa shape index (κ2) is 7.13. The van der Waals surface area contributed by atoms with Crippen molar-refractivity contribution in [3.63, 3.8) is 0 Å². The Hall–Kier alpha value is -0.560. The molecule has 0 saturated carbocycles. The van der Waals surface area contributed by atoms with Crippen molar-refractivity contribution in [3.8, 4) is 0 Å². The summed E-state index contributed by atoms with van der Waals surface area (Å²) in [5.74, 6) is 0.870. The maximum absolute atomic E-state index is 12.7. The monoisotopic (exact) mass is 328 g/mol. The van der Waals surface area contributed by atoms with Crippen molar-refractivity contribution in [3.05, 3.63) is 29.8 Å². The third-order valence-corrected chi connectivity index (χ3v) is 6.45. The van der Waals surface area contributed by atoms with E-state index in [1.165, 1.54) is 0 Å². The van der Waals surface area contributed by atoms with Gasteiger partial charge in [0.1, 0.15) is 0 Å². The standard InChI is InChI=1S/C15H24N2O2S2/c1-12(2)16-10-14-5-4-6-15(9-14)21(18,19)17-7-8-20-13(3)11-17/h4-6,9,12-13,16H,7-8,10-11H2,1-3H3. The lowest BCUT2D eigenvalue weighted by Gasteiger charge is -2.29. The molecule has 1 N–H and O–H groups in total. The first-order chi connectivity index (χ1) is 9.89. The molecular weight excluding hydrogens is 304 g/mol. The van der Waals surface area contributed by atoms with Gasteiger partial charge in [-0.1, -0.05) is 32.9 Å². The molecular formula is C15H24N2O2S2. The number of hydrogen-bond acceptors (Lipinski definition) is 4. The quantitative estimate of drug-likeness (QED) is 0.901. The number of nitrogens with zero attached hydrogens (tertiary/aromatic N) is 1. The Bertz CT molecular complexity index is 573. The summed E-state index contributed by atoms with van der Waals surface area (Å²) in [4.78, 5) is 0.407. The zero-order valence-electron chi connectivity index (χ0n) is 12.9. The van der Waals surface area contributed by atoms with Crippen molar-refractivity contribution in [1.82, 2.24) is 9.62 Å². The molecule has 0 bridgehead atoms. The average molecular weight is 329 g/mol. The molecule has 1 aliphatic heterocycles. The first-order valence-corrected chi connectivity index (χ1v) is 9.82. The van der Waals surface area contributed by atoms with Gasteiger partial charge in [0.25, 0.3) is 0 Å². The van der Waals surface area contributed by atoms with E-state index in [9.17, 15) is 8.42 Å². The highest BCUT2D eigenvalue weighted by Gasteiger charge is 2.28. The van der Waals surface area contributed by atoms with Gasteiger partial charge in [-0.05, 0) is 17.7 Å². The second-order valence-electron chi connectivity index (χ2n) is 5.73. The van der Waals surface area contributed by atoms with Gasteiger partial charge in [-0.3, -0.25) is 0 Å². The van der Waals surface area contributed by atoms with Gasteiger partial charge in [-0.2, -0.15) is 16.1 Å². The average Bonchev–Trinajstić information content (AvgIpc) is 2.45. The molecule has 1 aromatic carbocycles. The van der Waals surface area contributed by atoms with E-state index in [4.69, 9.17) is 0 Å². The van der Waals surface area contributed by atoms with Crippen LogP contribution in [0.25, 0.3) is 0 Å². The van der Waals surface area contributed by atoms with E-state index in [0.29, 0.717) is 35.8 Å². The maximum Gasteiger partial charge on any atom is 0.243 e. The fraction of sp³-hybridized carbons (Fsp3) is 0.600. The fourth-order valence-electron chi connectivity index (χ4n) is 2.29. The van der Waals surface area contributed by atoms with Gasteiger partial charge < -0.3 is 5.32 Å². The molecule has 6 heteroatoms. The normalized spacial score (nSPS) is 20.9. The molecule has 0 aliphatic carbocycles. The van der Waals surface area contributed by atoms with Crippen LogP contribution in [0.15, 0.2) is 29.2 Å². The van der Waals surface area contributed by atoms with Crippen LogP contribution in [-0.4, -0.2) is 42.9 Å². The van der Waals surface area contributed by atoms with E-state index < -0.39 is 10.0 Å². The Morgan fingerprint density at radius 2 is 2.19 bits per heavy atom. The van der Waals surface area contributed by atoms with E-state index in [2.05, 4.69) is 26.1 Å². The number of hydrogen-bond donors (Lipinski definition) is 1. The number of thioether (sulfide) groups is 1. The number of sulfonamides is 1. The first kappa shape index (κ1) is 16.8. The van der Waals surface area contributed by atoms with E-state index in [1.54, 1.807) is 16.4 Å². The van der Waals surface area contributed by atoms with Crippen LogP contribution in [0.2, 0.25) is 0 Å². The molecule has 1 heterocycles. The van der Waals surface area contributed by atoms with Crippen molar-refractivity contribution in [2.75, 3.05) is 18.8 Å². The lowest BCUT2D eigenvalue weighted by Crippen LogP contribution is -2.40. The summed E-state index contributed by atoms with van der Waals surface area (Å²) in [5.41, 5.74) is 1.00. The van der Waals surface area contributed by atoms with Crippen LogP contribution in [0.3, 0.4) is 0 Å². The fourth-order valence-corrected chi connectivity index (χ4v) is 5.12. The van der Waals surface area contributed by atoms with Crippen LogP contribution in [0.5, 0.6) is 0 Å². The molecule has 118 valence electrons. The van der Waals surface area contributed by atoms with Crippen LogP contribution < -0.4 is 5.32 Å². The molecule has 1 aromatic rings. The van der Waals surface area contributed by atoms with Gasteiger partial charge in [0.15, 0.2) is 0 Å². The van der Waals surface area contributed by atoms with Crippen LogP contribution >= 0.6 is 11.8 Å². The summed E-state index contributed by atoms with van der Waals surface area (Å²) < 4.78 is 27.1. The van der Waals surface area contributed by atoms with Crippen molar-refractivity contribution < 1.29 is 8.42 Å².